The van der Waals surface area contributed by atoms with Crippen molar-refractivity contribution in [3.63, 3.8) is 0 Å². The van der Waals surface area contributed by atoms with Crippen LogP contribution >= 0.6 is 34.3 Å². The zero-order valence-electron chi connectivity index (χ0n) is 10.0. The third-order valence-corrected chi connectivity index (χ3v) is 5.16. The van der Waals surface area contributed by atoms with Crippen LogP contribution in [0.15, 0.2) is 41.2 Å². The number of fused-ring (bicyclic) bond motifs is 3. The summed E-state index contributed by atoms with van der Waals surface area (Å²) in [6, 6.07) is 11.4. The van der Waals surface area contributed by atoms with E-state index in [2.05, 4.69) is 4.98 Å². The van der Waals surface area contributed by atoms with Gasteiger partial charge in [-0.25, -0.2) is 9.38 Å². The van der Waals surface area contributed by atoms with Crippen molar-refractivity contribution >= 4 is 56.3 Å². The number of imidazole rings is 1. The maximum Gasteiger partial charge on any atom is 0.274 e. The highest BCUT2D eigenvalue weighted by molar-refractivity contribution is 7.17. The van der Waals surface area contributed by atoms with Crippen molar-refractivity contribution in [3.05, 3.63) is 60.5 Å². The van der Waals surface area contributed by atoms with Gasteiger partial charge in [-0.05, 0) is 30.3 Å². The molecule has 0 fully saturated rings. The largest absolute Gasteiger partial charge is 0.274 e. The molecule has 0 aliphatic heterocycles. The summed E-state index contributed by atoms with van der Waals surface area (Å²) in [4.78, 5) is 18.7. The van der Waals surface area contributed by atoms with Crippen molar-refractivity contribution in [2.75, 3.05) is 0 Å². The van der Waals surface area contributed by atoms with Crippen molar-refractivity contribution in [1.29, 1.82) is 0 Å². The minimum Gasteiger partial charge on any atom is -0.267 e. The van der Waals surface area contributed by atoms with E-state index < -0.39 is 0 Å². The standard InChI is InChI=1S/C14H7ClN2OS2/c15-12-6-5-8(19-12)7-11-13(18)17-10-4-2-1-3-9(10)16-14(17)20-11/h1-7H. The first-order chi connectivity index (χ1) is 9.72. The van der Waals surface area contributed by atoms with Gasteiger partial charge in [0.15, 0.2) is 4.96 Å². The fraction of sp³-hybridized carbons (Fsp3) is 0. The summed E-state index contributed by atoms with van der Waals surface area (Å²) < 4.78 is 3.06. The maximum absolute atomic E-state index is 12.5. The van der Waals surface area contributed by atoms with Crippen molar-refractivity contribution in [2.45, 2.75) is 0 Å². The molecule has 1 aromatic carbocycles. The van der Waals surface area contributed by atoms with E-state index in [1.54, 1.807) is 4.40 Å². The molecular weight excluding hydrogens is 312 g/mol. The molecule has 4 rings (SSSR count). The van der Waals surface area contributed by atoms with Gasteiger partial charge in [-0.1, -0.05) is 35.1 Å². The first kappa shape index (κ1) is 12.1. The second-order valence-corrected chi connectivity index (χ2v) is 7.03. The van der Waals surface area contributed by atoms with Crippen molar-refractivity contribution < 1.29 is 0 Å². The third-order valence-electron chi connectivity index (χ3n) is 3.01. The van der Waals surface area contributed by atoms with Crippen LogP contribution < -0.4 is 10.1 Å². The van der Waals surface area contributed by atoms with E-state index in [1.165, 1.54) is 22.7 Å². The molecular formula is C14H7ClN2OS2. The van der Waals surface area contributed by atoms with E-state index in [4.69, 9.17) is 11.6 Å². The highest BCUT2D eigenvalue weighted by Crippen LogP contribution is 2.22. The summed E-state index contributed by atoms with van der Waals surface area (Å²) >= 11 is 8.76. The first-order valence-corrected chi connectivity index (χ1v) is 7.90. The molecule has 3 aromatic heterocycles. The van der Waals surface area contributed by atoms with Gasteiger partial charge in [0, 0.05) is 4.88 Å². The Hall–Kier alpha value is -1.69. The van der Waals surface area contributed by atoms with Crippen LogP contribution in [0.1, 0.15) is 4.88 Å². The molecule has 0 aliphatic rings. The molecule has 0 atom stereocenters. The van der Waals surface area contributed by atoms with E-state index in [9.17, 15) is 4.79 Å². The van der Waals surface area contributed by atoms with E-state index in [1.807, 2.05) is 42.5 Å². The van der Waals surface area contributed by atoms with Crippen molar-refractivity contribution in [1.82, 2.24) is 9.38 Å². The minimum absolute atomic E-state index is 0.0248. The highest BCUT2D eigenvalue weighted by atomic mass is 35.5. The fourth-order valence-electron chi connectivity index (χ4n) is 2.15. The van der Waals surface area contributed by atoms with Gasteiger partial charge in [0.25, 0.3) is 5.56 Å². The summed E-state index contributed by atoms with van der Waals surface area (Å²) in [6.07, 6.45) is 1.87. The Morgan fingerprint density at radius 3 is 2.80 bits per heavy atom. The van der Waals surface area contributed by atoms with E-state index in [0.29, 0.717) is 4.53 Å². The third kappa shape index (κ3) is 1.78. The summed E-state index contributed by atoms with van der Waals surface area (Å²) in [5.41, 5.74) is 1.68. The first-order valence-electron chi connectivity index (χ1n) is 5.89. The lowest BCUT2D eigenvalue weighted by molar-refractivity contribution is 1.19. The molecule has 0 saturated carbocycles. The second-order valence-electron chi connectivity index (χ2n) is 4.28. The summed E-state index contributed by atoms with van der Waals surface area (Å²) in [5.74, 6) is 0. The predicted octanol–water partition coefficient (Wildman–Crippen LogP) is 3.17. The Morgan fingerprint density at radius 2 is 2.00 bits per heavy atom. The number of aromatic nitrogens is 2. The van der Waals surface area contributed by atoms with Crippen molar-refractivity contribution in [2.24, 2.45) is 0 Å². The Morgan fingerprint density at radius 1 is 1.15 bits per heavy atom. The molecule has 0 aliphatic carbocycles. The van der Waals surface area contributed by atoms with Crippen LogP contribution in [0.4, 0.5) is 0 Å². The van der Waals surface area contributed by atoms with Crippen LogP contribution in [0.5, 0.6) is 0 Å². The number of thiazole rings is 1. The summed E-state index contributed by atoms with van der Waals surface area (Å²) in [5, 5.41) is 0. The number of nitrogens with zero attached hydrogens (tertiary/aromatic N) is 2. The van der Waals surface area contributed by atoms with Gasteiger partial charge >= 0.3 is 0 Å². The zero-order chi connectivity index (χ0) is 13.7. The molecule has 0 spiro atoms. The smallest absolute Gasteiger partial charge is 0.267 e. The average Bonchev–Trinajstić information content (AvgIpc) is 3.07. The van der Waals surface area contributed by atoms with Crippen LogP contribution in [0, 0.1) is 0 Å². The lowest BCUT2D eigenvalue weighted by atomic mass is 10.3. The molecule has 0 unspecified atom stereocenters. The molecule has 20 heavy (non-hydrogen) atoms. The second kappa shape index (κ2) is 4.41. The average molecular weight is 319 g/mol. The Kier molecular flexibility index (Phi) is 2.66. The van der Waals surface area contributed by atoms with E-state index in [-0.39, 0.29) is 5.56 Å². The molecule has 0 bridgehead atoms. The summed E-state index contributed by atoms with van der Waals surface area (Å²) in [7, 11) is 0. The maximum atomic E-state index is 12.5. The molecule has 0 amide bonds. The van der Waals surface area contributed by atoms with Crippen molar-refractivity contribution in [3.8, 4) is 0 Å². The van der Waals surface area contributed by atoms with Crippen LogP contribution in [0.3, 0.4) is 0 Å². The number of thiophene rings is 1. The Labute approximate surface area is 126 Å². The van der Waals surface area contributed by atoms with Crippen LogP contribution in [0.25, 0.3) is 22.1 Å². The molecule has 3 heterocycles. The fourth-order valence-corrected chi connectivity index (χ4v) is 4.20. The normalized spacial score (nSPS) is 12.8. The van der Waals surface area contributed by atoms with Crippen LogP contribution in [-0.4, -0.2) is 9.38 Å². The van der Waals surface area contributed by atoms with E-state index in [0.717, 1.165) is 25.2 Å². The number of benzene rings is 1. The van der Waals surface area contributed by atoms with Gasteiger partial charge in [0.05, 0.1) is 19.9 Å². The molecule has 3 nitrogen and oxygen atoms in total. The van der Waals surface area contributed by atoms with Gasteiger partial charge in [-0.2, -0.15) is 0 Å². The number of rotatable bonds is 1. The van der Waals surface area contributed by atoms with Gasteiger partial charge in [-0.3, -0.25) is 4.79 Å². The monoisotopic (exact) mass is 318 g/mol. The minimum atomic E-state index is -0.0248. The molecule has 6 heteroatoms. The molecule has 4 aromatic rings. The van der Waals surface area contributed by atoms with Gasteiger partial charge in [0.2, 0.25) is 0 Å². The predicted molar refractivity (Wildman–Crippen MR) is 85.0 cm³/mol. The van der Waals surface area contributed by atoms with Crippen LogP contribution in [-0.2, 0) is 0 Å². The number of halogens is 1. The topological polar surface area (TPSA) is 34.4 Å². The lowest BCUT2D eigenvalue weighted by Crippen LogP contribution is -2.22. The molecule has 0 N–H and O–H groups in total. The van der Waals surface area contributed by atoms with E-state index >= 15 is 0 Å². The lowest BCUT2D eigenvalue weighted by Gasteiger charge is -1.86. The SMILES string of the molecule is O=c1c(=Cc2ccc(Cl)s2)sc2nc3ccccc3n12. The summed E-state index contributed by atoms with van der Waals surface area (Å²) in [6.45, 7) is 0. The van der Waals surface area contributed by atoms with Gasteiger partial charge in [0.1, 0.15) is 0 Å². The quantitative estimate of drug-likeness (QED) is 0.540. The Balaban J connectivity index is 2.05. The zero-order valence-corrected chi connectivity index (χ0v) is 12.4. The number of hydrogen-bond donors (Lipinski definition) is 0. The number of hydrogen-bond acceptors (Lipinski definition) is 4. The van der Waals surface area contributed by atoms with Gasteiger partial charge < -0.3 is 0 Å². The Bertz CT molecular complexity index is 1040. The number of para-hydroxylation sites is 2. The molecule has 0 radical (unpaired) electrons. The molecule has 98 valence electrons. The van der Waals surface area contributed by atoms with Crippen LogP contribution in [0.2, 0.25) is 4.34 Å². The van der Waals surface area contributed by atoms with Gasteiger partial charge in [-0.15, -0.1) is 11.3 Å². The highest BCUT2D eigenvalue weighted by Gasteiger charge is 2.10. The molecule has 0 saturated heterocycles.